The summed E-state index contributed by atoms with van der Waals surface area (Å²) in [6, 6.07) is 50.3. The maximum atomic E-state index is 11.5. The summed E-state index contributed by atoms with van der Waals surface area (Å²) in [6.45, 7) is 17.8. The first-order valence-corrected chi connectivity index (χ1v) is 42.6. The first-order chi connectivity index (χ1) is 52.5. The number of aliphatic carboxylic acids is 4. The van der Waals surface area contributed by atoms with E-state index in [2.05, 4.69) is 230 Å². The average Bonchev–Trinajstić information content (AvgIpc) is 1.57. The third-order valence-corrected chi connectivity index (χ3v) is 26.1. The quantitative estimate of drug-likeness (QED) is 0.0350. The molecule has 0 spiro atoms. The van der Waals surface area contributed by atoms with Gasteiger partial charge in [0.25, 0.3) is 0 Å². The molecule has 32 heteroatoms. The van der Waals surface area contributed by atoms with Gasteiger partial charge in [0.1, 0.15) is 14.2 Å². The summed E-state index contributed by atoms with van der Waals surface area (Å²) in [4.78, 5) is 46.0. The molecule has 576 valence electrons. The molecule has 4 saturated carbocycles. The van der Waals surface area contributed by atoms with Gasteiger partial charge in [-0.1, -0.05) is 168 Å². The van der Waals surface area contributed by atoms with E-state index >= 15 is 0 Å². The fraction of sp³-hybridized carbons (Fsp3) is 0.350. The predicted molar refractivity (Wildman–Crippen MR) is 456 cm³/mol. The van der Waals surface area contributed by atoms with Gasteiger partial charge in [-0.05, 0) is 262 Å². The number of hydrogen-bond donors (Lipinski definition) is 5. The van der Waals surface area contributed by atoms with Crippen LogP contribution in [-0.4, -0.2) is 181 Å². The fourth-order valence-electron chi connectivity index (χ4n) is 12.8. The molecule has 0 bridgehead atoms. The Morgan fingerprint density at radius 1 is 0.357 bits per heavy atom. The first kappa shape index (κ1) is 88.2. The van der Waals surface area contributed by atoms with Crippen molar-refractivity contribution in [2.45, 2.75) is 170 Å². The van der Waals surface area contributed by atoms with Gasteiger partial charge in [-0.2, -0.15) is 0 Å². The van der Waals surface area contributed by atoms with Crippen LogP contribution in [0.5, 0.6) is 0 Å². The maximum absolute atomic E-state index is 11.5. The molecule has 0 amide bonds. The van der Waals surface area contributed by atoms with Crippen molar-refractivity contribution in [3.63, 3.8) is 0 Å². The summed E-state index contributed by atoms with van der Waals surface area (Å²) in [5, 5.41) is 91.1. The zero-order chi connectivity index (χ0) is 78.1. The number of halogens is 4. The van der Waals surface area contributed by atoms with E-state index in [1.54, 1.807) is 55.4 Å². The fourth-order valence-corrected chi connectivity index (χ4v) is 18.6. The number of carboxylic acid groups (broad SMARTS) is 4. The van der Waals surface area contributed by atoms with Gasteiger partial charge in [-0.3, -0.25) is 32.7 Å². The van der Waals surface area contributed by atoms with E-state index < -0.39 is 42.9 Å². The molecule has 5 heterocycles. The number of thioether (sulfide) groups is 4. The summed E-state index contributed by atoms with van der Waals surface area (Å²) in [6.07, 6.45) is 9.94. The number of nitrogens with one attached hydrogen (secondary N) is 2. The second-order valence-electron chi connectivity index (χ2n) is 29.5. The Morgan fingerprint density at radius 3 is 0.732 bits per heavy atom. The Morgan fingerprint density at radius 2 is 0.554 bits per heavy atom. The van der Waals surface area contributed by atoms with E-state index in [4.69, 9.17) is 0 Å². The normalized spacial score (nSPS) is 15.0. The van der Waals surface area contributed by atoms with Gasteiger partial charge in [0.15, 0.2) is 20.6 Å². The molecule has 17 rings (SSSR count). The summed E-state index contributed by atoms with van der Waals surface area (Å²) in [7, 11) is 0. The predicted octanol–water partition coefficient (Wildman–Crippen LogP) is 14.8. The molecule has 0 radical (unpaired) electrons. The molecule has 5 N–H and O–H groups in total. The van der Waals surface area contributed by atoms with Crippen LogP contribution < -0.4 is 67.1 Å². The smallest absolute Gasteiger partial charge is 1.00 e. The number of benzene rings is 8. The average molecular weight is 1900 g/mol. The van der Waals surface area contributed by atoms with E-state index in [0.717, 1.165) is 82.2 Å². The molecule has 5 aliphatic rings. The molecule has 4 aliphatic carbocycles. The zero-order valence-corrected chi connectivity index (χ0v) is 78.2. The van der Waals surface area contributed by atoms with Crippen LogP contribution in [0, 0.1) is 0 Å². The van der Waals surface area contributed by atoms with Crippen LogP contribution in [-0.2, 0) is 19.2 Å². The number of hydrogen-bond acceptors (Lipinski definition) is 19. The Kier molecular flexibility index (Phi) is 29.6. The van der Waals surface area contributed by atoms with Crippen molar-refractivity contribution in [2.75, 3.05) is 26.2 Å². The van der Waals surface area contributed by atoms with Crippen LogP contribution in [0.3, 0.4) is 0 Å². The number of nitrogens with zero attached hydrogens (tertiary/aromatic N) is 12. The summed E-state index contributed by atoms with van der Waals surface area (Å²) in [5.74, 6) is -1.20. The van der Waals surface area contributed by atoms with Gasteiger partial charge in [0, 0.05) is 47.7 Å². The van der Waals surface area contributed by atoms with Gasteiger partial charge in [-0.25, -0.2) is 0 Å². The van der Waals surface area contributed by atoms with Crippen molar-refractivity contribution < 1.29 is 93.8 Å². The number of carbonyl (C=O) groups is 4. The SMILES string of the molecule is C1CNCCN1.CC(C)(Sc1nnc(Br)n1-c1ccc(C2CC2)c2ccccc12)C(=O)O.CC(C)(Sc1nnc(Br)n1-c1ccc(C2CC2)c2ccccc12)C(=O)O.CC(C)(Sc1nnc(Br)n1-c1ccc(C2CC2)c2ccccc12)C(=O)O.CC(C)(Sc1nnc(Br)n1-c1ccc(C2CC2)c2ccccc12)C(=O)[O-].[Ca+2].[H-].[H-].[K+]. The number of aromatic nitrogens is 12. The van der Waals surface area contributed by atoms with Gasteiger partial charge >= 0.3 is 107 Å². The standard InChI is InChI=1S/4C19H18BrN3O2S.C4H10N2.Ca.K.2H/c4*1-19(2,16(24)25)26-18-22-21-17(20)23(18)15-10-9-12(11-7-8-11)13-5-3-4-6-14(13)15;1-2-6-4-3-5-1;;;;/h4*3-6,9-11H,7-8H2,1-2H3,(H,24,25);5-6H,1-4H2;;;;/q;;;;;+2;+1;2*-1/p-1. The topological polar surface area (TPSA) is 299 Å². The third-order valence-electron chi connectivity index (χ3n) is 19.5. The van der Waals surface area contributed by atoms with Gasteiger partial charge < -0.3 is 38.7 Å². The Balaban J connectivity index is 0.000000168. The number of piperazine rings is 1. The molecule has 22 nitrogen and oxygen atoms in total. The monoisotopic (exact) mass is 1890 g/mol. The van der Waals surface area contributed by atoms with E-state index in [0.29, 0.717) is 63.2 Å². The van der Waals surface area contributed by atoms with Crippen molar-refractivity contribution in [2.24, 2.45) is 0 Å². The zero-order valence-electron chi connectivity index (χ0n) is 65.3. The molecule has 112 heavy (non-hydrogen) atoms. The number of carboxylic acids is 4. The van der Waals surface area contributed by atoms with Crippen molar-refractivity contribution in [1.82, 2.24) is 69.7 Å². The summed E-state index contributed by atoms with van der Waals surface area (Å²) in [5.41, 5.74) is 9.30. The molecule has 1 aliphatic heterocycles. The Labute approximate surface area is 774 Å². The van der Waals surface area contributed by atoms with Crippen molar-refractivity contribution in [3.8, 4) is 22.7 Å². The molecule has 0 atom stereocenters. The summed E-state index contributed by atoms with van der Waals surface area (Å²) >= 11 is 18.6. The number of rotatable bonds is 20. The van der Waals surface area contributed by atoms with Crippen molar-refractivity contribution in [3.05, 3.63) is 187 Å². The Bertz CT molecular complexity index is 4840. The second kappa shape index (κ2) is 37.5. The Hall–Kier alpha value is -4.62. The van der Waals surface area contributed by atoms with Crippen molar-refractivity contribution in [1.29, 1.82) is 0 Å². The van der Waals surface area contributed by atoms with Gasteiger partial charge in [0.05, 0.1) is 33.5 Å². The maximum Gasteiger partial charge on any atom is 2.00 e. The van der Waals surface area contributed by atoms with Crippen LogP contribution in [0.4, 0.5) is 0 Å². The molecule has 4 aromatic heterocycles. The molecule has 5 fully saturated rings. The number of fused-ring (bicyclic) bond motifs is 4. The molecule has 1 saturated heterocycles. The van der Waals surface area contributed by atoms with Crippen molar-refractivity contribution >= 4 is 215 Å². The molecule has 12 aromatic rings. The van der Waals surface area contributed by atoms with Crippen LogP contribution in [0.2, 0.25) is 0 Å². The van der Waals surface area contributed by atoms with E-state index in [9.17, 15) is 39.6 Å². The van der Waals surface area contributed by atoms with Crippen LogP contribution in [0.15, 0.2) is 185 Å². The minimum atomic E-state index is -1.14. The van der Waals surface area contributed by atoms with E-state index in [1.165, 1.54) is 130 Å². The van der Waals surface area contributed by atoms with Crippen LogP contribution in [0.25, 0.3) is 65.8 Å². The van der Waals surface area contributed by atoms with Crippen LogP contribution >= 0.6 is 111 Å². The molecule has 8 aromatic carbocycles. The van der Waals surface area contributed by atoms with Crippen LogP contribution in [0.1, 0.15) is 156 Å². The largest absolute Gasteiger partial charge is 2.00 e. The minimum absolute atomic E-state index is 0. The van der Waals surface area contributed by atoms with E-state index in [-0.39, 0.29) is 92.0 Å². The molecular weight excluding hydrogens is 1810 g/mol. The molecular formula is C80H83Br4CaKN14O8S4. The minimum Gasteiger partial charge on any atom is -1.00 e. The molecule has 0 unspecified atom stereocenters. The summed E-state index contributed by atoms with van der Waals surface area (Å²) < 4.78 is 5.59. The first-order valence-electron chi connectivity index (χ1n) is 36.1. The number of carbonyl (C=O) groups excluding carboxylic acids is 1. The second-order valence-corrected chi connectivity index (χ2v) is 38.7. The third kappa shape index (κ3) is 20.4. The van der Waals surface area contributed by atoms with Gasteiger partial charge in [-0.15, -0.1) is 40.8 Å². The van der Waals surface area contributed by atoms with E-state index in [1.807, 2.05) is 48.6 Å². The van der Waals surface area contributed by atoms with Gasteiger partial charge in [0.2, 0.25) is 18.9 Å².